The van der Waals surface area contributed by atoms with Gasteiger partial charge in [0.2, 0.25) is 5.76 Å². The van der Waals surface area contributed by atoms with Crippen molar-refractivity contribution in [3.05, 3.63) is 46.9 Å². The van der Waals surface area contributed by atoms with Crippen LogP contribution in [-0.4, -0.2) is 18.2 Å². The molecule has 0 fully saturated rings. The molecular formula is C13H12ClNO4. The number of hydrogen-bond acceptors (Lipinski definition) is 4. The van der Waals surface area contributed by atoms with E-state index in [1.54, 1.807) is 24.3 Å². The third-order valence-corrected chi connectivity index (χ3v) is 2.80. The Labute approximate surface area is 114 Å². The summed E-state index contributed by atoms with van der Waals surface area (Å²) in [5.41, 5.74) is 0.800. The fraction of sp³-hybridized carbons (Fsp3) is 0.154. The average Bonchev–Trinajstić information content (AvgIpc) is 2.87. The molecule has 0 spiro atoms. The normalized spacial score (nSPS) is 10.2. The van der Waals surface area contributed by atoms with E-state index in [1.807, 2.05) is 0 Å². The zero-order valence-corrected chi connectivity index (χ0v) is 10.9. The van der Waals surface area contributed by atoms with Crippen LogP contribution >= 0.6 is 11.6 Å². The van der Waals surface area contributed by atoms with E-state index in [1.165, 1.54) is 13.2 Å². The fourth-order valence-electron chi connectivity index (χ4n) is 1.55. The molecule has 0 unspecified atom stereocenters. The smallest absolute Gasteiger partial charge is 0.371 e. The third-order valence-electron chi connectivity index (χ3n) is 2.49. The van der Waals surface area contributed by atoms with Crippen molar-refractivity contribution in [2.45, 2.75) is 6.54 Å². The summed E-state index contributed by atoms with van der Waals surface area (Å²) >= 11 is 5.92. The summed E-state index contributed by atoms with van der Waals surface area (Å²) in [6, 6.07) is 8.30. The predicted molar refractivity (Wildman–Crippen MR) is 71.0 cm³/mol. The average molecular weight is 282 g/mol. The number of carboxylic acid groups (broad SMARTS) is 1. The van der Waals surface area contributed by atoms with Crippen LogP contribution in [-0.2, 0) is 6.54 Å². The summed E-state index contributed by atoms with van der Waals surface area (Å²) < 4.78 is 10.2. The highest BCUT2D eigenvalue weighted by atomic mass is 35.5. The summed E-state index contributed by atoms with van der Waals surface area (Å²) in [4.78, 5) is 10.7. The van der Waals surface area contributed by atoms with Gasteiger partial charge in [-0.1, -0.05) is 11.6 Å². The Hall–Kier alpha value is -2.14. The van der Waals surface area contributed by atoms with Gasteiger partial charge in [-0.05, 0) is 24.3 Å². The Morgan fingerprint density at radius 2 is 2.21 bits per heavy atom. The Kier molecular flexibility index (Phi) is 3.97. The maximum Gasteiger partial charge on any atom is 0.371 e. The van der Waals surface area contributed by atoms with E-state index in [9.17, 15) is 4.79 Å². The zero-order chi connectivity index (χ0) is 13.8. The van der Waals surface area contributed by atoms with Crippen LogP contribution in [0.25, 0.3) is 0 Å². The van der Waals surface area contributed by atoms with Crippen molar-refractivity contribution < 1.29 is 19.1 Å². The van der Waals surface area contributed by atoms with Gasteiger partial charge in [-0.15, -0.1) is 0 Å². The SMILES string of the molecule is COc1cc(NCc2ccc(C(=O)O)o2)ccc1Cl. The molecule has 2 aromatic rings. The first kappa shape index (κ1) is 13.3. The van der Waals surface area contributed by atoms with E-state index in [2.05, 4.69) is 5.32 Å². The number of rotatable bonds is 5. The number of benzene rings is 1. The molecule has 0 saturated heterocycles. The number of furan rings is 1. The first-order valence-corrected chi connectivity index (χ1v) is 5.87. The highest BCUT2D eigenvalue weighted by Crippen LogP contribution is 2.27. The lowest BCUT2D eigenvalue weighted by Crippen LogP contribution is -1.99. The number of aromatic carboxylic acids is 1. The minimum Gasteiger partial charge on any atom is -0.495 e. The van der Waals surface area contributed by atoms with Gasteiger partial charge in [-0.2, -0.15) is 0 Å². The predicted octanol–water partition coefficient (Wildman–Crippen LogP) is 3.25. The summed E-state index contributed by atoms with van der Waals surface area (Å²) in [6.07, 6.45) is 0. The maximum atomic E-state index is 10.7. The van der Waals surface area contributed by atoms with Crippen LogP contribution in [0.4, 0.5) is 5.69 Å². The molecule has 2 N–H and O–H groups in total. The van der Waals surface area contributed by atoms with Gasteiger partial charge in [-0.3, -0.25) is 0 Å². The molecule has 1 heterocycles. The number of nitrogens with one attached hydrogen (secondary N) is 1. The molecule has 0 saturated carbocycles. The van der Waals surface area contributed by atoms with Crippen molar-refractivity contribution in [3.63, 3.8) is 0 Å². The van der Waals surface area contributed by atoms with Crippen LogP contribution in [0.15, 0.2) is 34.7 Å². The van der Waals surface area contributed by atoms with Crippen LogP contribution in [0.1, 0.15) is 16.3 Å². The molecular weight excluding hydrogens is 270 g/mol. The van der Waals surface area contributed by atoms with E-state index < -0.39 is 5.97 Å². The van der Waals surface area contributed by atoms with Crippen molar-refractivity contribution in [3.8, 4) is 5.75 Å². The molecule has 0 radical (unpaired) electrons. The summed E-state index contributed by atoms with van der Waals surface area (Å²) in [7, 11) is 1.54. The Balaban J connectivity index is 2.03. The Morgan fingerprint density at radius 1 is 1.42 bits per heavy atom. The molecule has 1 aromatic carbocycles. The molecule has 1 aromatic heterocycles. The first-order valence-electron chi connectivity index (χ1n) is 5.49. The third kappa shape index (κ3) is 3.20. The van der Waals surface area contributed by atoms with Gasteiger partial charge in [0.05, 0.1) is 18.7 Å². The van der Waals surface area contributed by atoms with Gasteiger partial charge in [0.15, 0.2) is 0 Å². The molecule has 0 aliphatic rings. The van der Waals surface area contributed by atoms with Crippen LogP contribution < -0.4 is 10.1 Å². The molecule has 6 heteroatoms. The Bertz CT molecular complexity index is 594. The van der Waals surface area contributed by atoms with Crippen LogP contribution in [0.5, 0.6) is 5.75 Å². The molecule has 100 valence electrons. The largest absolute Gasteiger partial charge is 0.495 e. The fourth-order valence-corrected chi connectivity index (χ4v) is 1.74. The number of ether oxygens (including phenoxy) is 1. The van der Waals surface area contributed by atoms with Crippen molar-refractivity contribution in [1.29, 1.82) is 0 Å². The van der Waals surface area contributed by atoms with Gasteiger partial charge < -0.3 is 19.6 Å². The first-order chi connectivity index (χ1) is 9.10. The van der Waals surface area contributed by atoms with E-state index >= 15 is 0 Å². The van der Waals surface area contributed by atoms with E-state index in [4.69, 9.17) is 25.9 Å². The lowest BCUT2D eigenvalue weighted by Gasteiger charge is -2.08. The number of halogens is 1. The number of anilines is 1. The van der Waals surface area contributed by atoms with Crippen LogP contribution in [0, 0.1) is 0 Å². The molecule has 0 aliphatic carbocycles. The number of carbonyl (C=O) groups is 1. The lowest BCUT2D eigenvalue weighted by molar-refractivity contribution is 0.0660. The summed E-state index contributed by atoms with van der Waals surface area (Å²) in [5, 5.41) is 12.4. The van der Waals surface area contributed by atoms with E-state index in [0.29, 0.717) is 23.1 Å². The van der Waals surface area contributed by atoms with Gasteiger partial charge in [0.25, 0.3) is 0 Å². The summed E-state index contributed by atoms with van der Waals surface area (Å²) in [6.45, 7) is 0.373. The van der Waals surface area contributed by atoms with E-state index in [-0.39, 0.29) is 5.76 Å². The van der Waals surface area contributed by atoms with Crippen LogP contribution in [0.2, 0.25) is 5.02 Å². The van der Waals surface area contributed by atoms with Gasteiger partial charge in [0, 0.05) is 11.8 Å². The van der Waals surface area contributed by atoms with E-state index in [0.717, 1.165) is 5.69 Å². The number of carboxylic acids is 1. The minimum absolute atomic E-state index is 0.0783. The highest BCUT2D eigenvalue weighted by Gasteiger charge is 2.09. The molecule has 5 nitrogen and oxygen atoms in total. The van der Waals surface area contributed by atoms with Crippen molar-refractivity contribution in [2.24, 2.45) is 0 Å². The second-order valence-electron chi connectivity index (χ2n) is 3.77. The summed E-state index contributed by atoms with van der Waals surface area (Å²) in [5.74, 6) is -0.0615. The topological polar surface area (TPSA) is 71.7 Å². The molecule has 19 heavy (non-hydrogen) atoms. The molecule has 0 aliphatic heterocycles. The zero-order valence-electron chi connectivity index (χ0n) is 10.1. The monoisotopic (exact) mass is 281 g/mol. The van der Waals surface area contributed by atoms with Gasteiger partial charge in [0.1, 0.15) is 11.5 Å². The molecule has 2 rings (SSSR count). The quantitative estimate of drug-likeness (QED) is 0.880. The molecule has 0 bridgehead atoms. The Morgan fingerprint density at radius 3 is 2.84 bits per heavy atom. The number of hydrogen-bond donors (Lipinski definition) is 2. The molecule has 0 amide bonds. The second-order valence-corrected chi connectivity index (χ2v) is 4.18. The minimum atomic E-state index is -1.08. The van der Waals surface area contributed by atoms with Gasteiger partial charge >= 0.3 is 5.97 Å². The van der Waals surface area contributed by atoms with Crippen LogP contribution in [0.3, 0.4) is 0 Å². The van der Waals surface area contributed by atoms with Crippen molar-refractivity contribution >= 4 is 23.3 Å². The van der Waals surface area contributed by atoms with Crippen molar-refractivity contribution in [2.75, 3.05) is 12.4 Å². The van der Waals surface area contributed by atoms with Gasteiger partial charge in [-0.25, -0.2) is 4.79 Å². The maximum absolute atomic E-state index is 10.7. The highest BCUT2D eigenvalue weighted by molar-refractivity contribution is 6.32. The van der Waals surface area contributed by atoms with Crippen molar-refractivity contribution in [1.82, 2.24) is 0 Å². The lowest BCUT2D eigenvalue weighted by atomic mass is 10.3. The number of methoxy groups -OCH3 is 1. The molecule has 0 atom stereocenters. The standard InChI is InChI=1S/C13H12ClNO4/c1-18-12-6-8(2-4-10(12)14)15-7-9-3-5-11(19-9)13(16)17/h2-6,15H,7H2,1H3,(H,16,17). The second kappa shape index (κ2) is 5.67.